The van der Waals surface area contributed by atoms with Crippen LogP contribution in [0.2, 0.25) is 5.02 Å². The molecule has 0 aromatic heterocycles. The topological polar surface area (TPSA) is 108 Å². The molecule has 3 rings (SSSR count). The number of amides is 2. The van der Waals surface area contributed by atoms with E-state index in [0.717, 1.165) is 18.9 Å². The summed E-state index contributed by atoms with van der Waals surface area (Å²) in [6.07, 6.45) is 0. The van der Waals surface area contributed by atoms with Crippen LogP contribution in [0.3, 0.4) is 0 Å². The quantitative estimate of drug-likeness (QED) is 0.490. The predicted octanol–water partition coefficient (Wildman–Crippen LogP) is 3.59. The fourth-order valence-electron chi connectivity index (χ4n) is 3.28. The first kappa shape index (κ1) is 23.3. The average Bonchev–Trinajstić information content (AvgIpc) is 2.77. The van der Waals surface area contributed by atoms with Crippen molar-refractivity contribution in [2.24, 2.45) is 5.92 Å². The lowest BCUT2D eigenvalue weighted by molar-refractivity contribution is -0.150. The van der Waals surface area contributed by atoms with E-state index in [1.165, 1.54) is 24.3 Å². The van der Waals surface area contributed by atoms with E-state index < -0.39 is 35.4 Å². The minimum Gasteiger partial charge on any atom is -0.468 e. The Morgan fingerprint density at radius 1 is 1.28 bits per heavy atom. The highest BCUT2D eigenvalue weighted by Crippen LogP contribution is 2.42. The number of hydrogen-bond acceptors (Lipinski definition) is 6. The monoisotopic (exact) mass is 473 g/mol. The fourth-order valence-corrected chi connectivity index (χ4v) is 4.39. The molecule has 7 nitrogen and oxygen atoms in total. The van der Waals surface area contributed by atoms with Crippen LogP contribution < -0.4 is 10.6 Å². The van der Waals surface area contributed by atoms with Gasteiger partial charge in [0.15, 0.2) is 0 Å². The maximum atomic E-state index is 13.3. The smallest absolute Gasteiger partial charge is 0.319 e. The summed E-state index contributed by atoms with van der Waals surface area (Å²) < 4.78 is 18.1. The van der Waals surface area contributed by atoms with Gasteiger partial charge in [-0.3, -0.25) is 14.4 Å². The van der Waals surface area contributed by atoms with Crippen molar-refractivity contribution < 1.29 is 23.5 Å². The maximum absolute atomic E-state index is 13.3. The van der Waals surface area contributed by atoms with Crippen LogP contribution in [-0.2, 0) is 19.1 Å². The van der Waals surface area contributed by atoms with Gasteiger partial charge in [-0.1, -0.05) is 47.6 Å². The number of hydrogen-bond donors (Lipinski definition) is 2. The van der Waals surface area contributed by atoms with E-state index in [9.17, 15) is 24.0 Å². The minimum atomic E-state index is -1.32. The summed E-state index contributed by atoms with van der Waals surface area (Å²) in [7, 11) is 1.15. The van der Waals surface area contributed by atoms with Crippen LogP contribution in [0.25, 0.3) is 0 Å². The number of carbonyl (C=O) groups is 3. The first-order chi connectivity index (χ1) is 15.3. The lowest BCUT2D eigenvalue weighted by Gasteiger charge is -2.31. The van der Waals surface area contributed by atoms with Gasteiger partial charge in [0.2, 0.25) is 11.8 Å². The van der Waals surface area contributed by atoms with Crippen LogP contribution in [-0.4, -0.2) is 30.6 Å². The molecule has 0 spiro atoms. The van der Waals surface area contributed by atoms with Crippen LogP contribution in [0.5, 0.6) is 0 Å². The average molecular weight is 474 g/mol. The molecule has 10 heteroatoms. The van der Waals surface area contributed by atoms with Crippen molar-refractivity contribution in [2.75, 3.05) is 18.2 Å². The zero-order valence-corrected chi connectivity index (χ0v) is 18.3. The molecule has 1 aliphatic heterocycles. The van der Waals surface area contributed by atoms with E-state index in [2.05, 4.69) is 10.6 Å². The molecule has 2 N–H and O–H groups in total. The number of nitriles is 1. The number of halogens is 2. The van der Waals surface area contributed by atoms with Gasteiger partial charge < -0.3 is 15.4 Å². The number of nitrogens with zero attached hydrogens (tertiary/aromatic N) is 1. The molecule has 2 amide bonds. The minimum absolute atomic E-state index is 0.0802. The Morgan fingerprint density at radius 2 is 2.03 bits per heavy atom. The molecule has 0 bridgehead atoms. The van der Waals surface area contributed by atoms with Gasteiger partial charge in [0, 0.05) is 16.6 Å². The zero-order chi connectivity index (χ0) is 23.3. The highest BCUT2D eigenvalue weighted by Gasteiger charge is 2.45. The van der Waals surface area contributed by atoms with Crippen molar-refractivity contribution in [1.29, 1.82) is 5.26 Å². The third-order valence-corrected chi connectivity index (χ3v) is 6.04. The molecular formula is C22H17ClFN3O4S. The number of anilines is 1. The van der Waals surface area contributed by atoms with Crippen molar-refractivity contribution in [3.8, 4) is 6.07 Å². The second-order valence-corrected chi connectivity index (χ2v) is 8.08. The number of nitrogens with one attached hydrogen (secondary N) is 2. The number of esters is 1. The molecule has 0 saturated heterocycles. The highest BCUT2D eigenvalue weighted by atomic mass is 35.5. The molecule has 0 aliphatic carbocycles. The van der Waals surface area contributed by atoms with E-state index in [0.29, 0.717) is 5.56 Å². The summed E-state index contributed by atoms with van der Waals surface area (Å²) in [5.41, 5.74) is 0.771. The Balaban J connectivity index is 1.91. The number of ether oxygens (including phenoxy) is 1. The summed E-state index contributed by atoms with van der Waals surface area (Å²) in [4.78, 5) is 37.5. The zero-order valence-electron chi connectivity index (χ0n) is 16.7. The van der Waals surface area contributed by atoms with Gasteiger partial charge in [0.05, 0.1) is 29.5 Å². The molecule has 2 aromatic carbocycles. The summed E-state index contributed by atoms with van der Waals surface area (Å²) in [6.45, 7) is 0. The number of thioether (sulfide) groups is 1. The first-order valence-corrected chi connectivity index (χ1v) is 10.7. The molecular weight excluding hydrogens is 457 g/mol. The molecule has 2 aromatic rings. The Hall–Kier alpha value is -3.35. The lowest BCUT2D eigenvalue weighted by atomic mass is 9.78. The standard InChI is InChI=1S/C22H17ClFN3O4S/c1-31-22(30)19-18(14-7-2-3-8-16(14)23)15(10-25)21(27-20(19)29)32-11-17(28)26-13-6-4-5-12(24)9-13/h2-9,18-19H,11H2,1H3,(H,26,28)(H,27,29)/t18-,19-/m1/s1. The highest BCUT2D eigenvalue weighted by molar-refractivity contribution is 8.03. The van der Waals surface area contributed by atoms with Gasteiger partial charge in [0.25, 0.3) is 0 Å². The van der Waals surface area contributed by atoms with Crippen LogP contribution in [0, 0.1) is 23.1 Å². The number of benzene rings is 2. The van der Waals surface area contributed by atoms with Crippen molar-refractivity contribution in [3.05, 3.63) is 75.5 Å². The number of carbonyl (C=O) groups excluding carboxylic acids is 3. The van der Waals surface area contributed by atoms with Crippen LogP contribution in [0.4, 0.5) is 10.1 Å². The normalized spacial score (nSPS) is 17.9. The van der Waals surface area contributed by atoms with Gasteiger partial charge in [-0.2, -0.15) is 5.26 Å². The van der Waals surface area contributed by atoms with Crippen LogP contribution >= 0.6 is 23.4 Å². The van der Waals surface area contributed by atoms with Gasteiger partial charge in [-0.05, 0) is 29.8 Å². The third kappa shape index (κ3) is 5.10. The summed E-state index contributed by atoms with van der Waals surface area (Å²) >= 11 is 7.22. The van der Waals surface area contributed by atoms with E-state index in [1.807, 2.05) is 6.07 Å². The van der Waals surface area contributed by atoms with Gasteiger partial charge in [0.1, 0.15) is 11.7 Å². The predicted molar refractivity (Wildman–Crippen MR) is 118 cm³/mol. The van der Waals surface area contributed by atoms with Gasteiger partial charge in [-0.25, -0.2) is 4.39 Å². The number of allylic oxidation sites excluding steroid dienone is 1. The van der Waals surface area contributed by atoms with Crippen molar-refractivity contribution in [1.82, 2.24) is 5.32 Å². The van der Waals surface area contributed by atoms with Crippen LogP contribution in [0.15, 0.2) is 59.1 Å². The van der Waals surface area contributed by atoms with Crippen molar-refractivity contribution in [3.63, 3.8) is 0 Å². The molecule has 0 saturated carbocycles. The molecule has 32 heavy (non-hydrogen) atoms. The maximum Gasteiger partial charge on any atom is 0.319 e. The van der Waals surface area contributed by atoms with Crippen LogP contribution in [0.1, 0.15) is 11.5 Å². The summed E-state index contributed by atoms with van der Waals surface area (Å²) in [5.74, 6) is -4.93. The molecule has 164 valence electrons. The van der Waals surface area contributed by atoms with Gasteiger partial charge in [-0.15, -0.1) is 0 Å². The molecule has 0 fully saturated rings. The van der Waals surface area contributed by atoms with E-state index in [4.69, 9.17) is 16.3 Å². The molecule has 0 unspecified atom stereocenters. The van der Waals surface area contributed by atoms with E-state index in [1.54, 1.807) is 24.3 Å². The van der Waals surface area contributed by atoms with Crippen molar-refractivity contribution in [2.45, 2.75) is 5.92 Å². The Morgan fingerprint density at radius 3 is 2.69 bits per heavy atom. The summed E-state index contributed by atoms with van der Waals surface area (Å²) in [5, 5.41) is 15.3. The molecule has 0 radical (unpaired) electrons. The second-order valence-electron chi connectivity index (χ2n) is 6.69. The second kappa shape index (κ2) is 10.3. The lowest BCUT2D eigenvalue weighted by Crippen LogP contribution is -2.44. The Kier molecular flexibility index (Phi) is 7.51. The fraction of sp³-hybridized carbons (Fsp3) is 0.182. The molecule has 2 atom stereocenters. The molecule has 1 aliphatic rings. The number of rotatable bonds is 6. The number of methoxy groups -OCH3 is 1. The largest absolute Gasteiger partial charge is 0.468 e. The molecule has 1 heterocycles. The SMILES string of the molecule is COC(=O)[C@H]1C(=O)NC(SCC(=O)Nc2cccc(F)c2)=C(C#N)[C@H]1c1ccccc1Cl. The van der Waals surface area contributed by atoms with E-state index >= 15 is 0 Å². The summed E-state index contributed by atoms with van der Waals surface area (Å²) in [6, 6.07) is 14.0. The van der Waals surface area contributed by atoms with Crippen molar-refractivity contribution >= 4 is 46.8 Å². The third-order valence-electron chi connectivity index (χ3n) is 4.68. The van der Waals surface area contributed by atoms with Gasteiger partial charge >= 0.3 is 5.97 Å². The van der Waals surface area contributed by atoms with E-state index in [-0.39, 0.29) is 27.1 Å². The first-order valence-electron chi connectivity index (χ1n) is 9.31. The Bertz CT molecular complexity index is 1150. The Labute approximate surface area is 192 Å².